The standard InChI is InChI=1S/C9H20NO6S2/c1-17(11,12)15-9-5-8-10(6-3-4-7-10)16-18(2,13)14/h3-9H2,1-2H3/q+1. The van der Waals surface area contributed by atoms with Gasteiger partial charge < -0.3 is 0 Å². The van der Waals surface area contributed by atoms with Gasteiger partial charge in [0.2, 0.25) is 0 Å². The molecule has 0 aromatic heterocycles. The third-order valence-corrected chi connectivity index (χ3v) is 3.86. The second-order valence-corrected chi connectivity index (χ2v) is 7.80. The van der Waals surface area contributed by atoms with E-state index in [2.05, 4.69) is 4.18 Å². The molecule has 0 atom stereocenters. The van der Waals surface area contributed by atoms with Crippen molar-refractivity contribution in [2.75, 3.05) is 38.8 Å². The molecular formula is C9H20NO6S2+. The van der Waals surface area contributed by atoms with Crippen LogP contribution in [0.3, 0.4) is 0 Å². The molecule has 1 aliphatic heterocycles. The summed E-state index contributed by atoms with van der Waals surface area (Å²) in [5.74, 6) is 0. The third-order valence-electron chi connectivity index (χ3n) is 2.68. The summed E-state index contributed by atoms with van der Waals surface area (Å²) in [6, 6.07) is 0. The highest BCUT2D eigenvalue weighted by Crippen LogP contribution is 2.22. The first kappa shape index (κ1) is 15.8. The van der Waals surface area contributed by atoms with Crippen molar-refractivity contribution in [2.24, 2.45) is 0 Å². The van der Waals surface area contributed by atoms with E-state index in [1.54, 1.807) is 0 Å². The molecule has 0 unspecified atom stereocenters. The number of hydroxylamine groups is 3. The highest BCUT2D eigenvalue weighted by atomic mass is 32.2. The molecule has 0 saturated carbocycles. The van der Waals surface area contributed by atoms with E-state index in [9.17, 15) is 16.8 Å². The average molecular weight is 302 g/mol. The van der Waals surface area contributed by atoms with E-state index in [1.165, 1.54) is 0 Å². The van der Waals surface area contributed by atoms with Crippen LogP contribution in [0.4, 0.5) is 0 Å². The molecule has 9 heteroatoms. The Hall–Kier alpha value is -0.220. The molecule has 7 nitrogen and oxygen atoms in total. The zero-order valence-electron chi connectivity index (χ0n) is 10.7. The van der Waals surface area contributed by atoms with E-state index in [4.69, 9.17) is 4.28 Å². The minimum atomic E-state index is -3.52. The maximum atomic E-state index is 11.2. The normalized spacial score (nSPS) is 20.1. The second-order valence-electron chi connectivity index (χ2n) is 4.59. The molecule has 0 aromatic carbocycles. The minimum Gasteiger partial charge on any atom is -0.270 e. The smallest absolute Gasteiger partial charge is 0.270 e. The maximum absolute atomic E-state index is 11.2. The maximum Gasteiger partial charge on any atom is 0.311 e. The molecule has 0 N–H and O–H groups in total. The van der Waals surface area contributed by atoms with Crippen molar-refractivity contribution in [1.29, 1.82) is 0 Å². The lowest BCUT2D eigenvalue weighted by Crippen LogP contribution is -2.47. The fourth-order valence-electron chi connectivity index (χ4n) is 2.10. The average Bonchev–Trinajstić information content (AvgIpc) is 2.57. The van der Waals surface area contributed by atoms with Crippen molar-refractivity contribution >= 4 is 20.2 Å². The summed E-state index contributed by atoms with van der Waals surface area (Å²) in [6.07, 6.45) is 4.26. The third kappa shape index (κ3) is 6.10. The van der Waals surface area contributed by atoms with Gasteiger partial charge in [0.15, 0.2) is 0 Å². The van der Waals surface area contributed by atoms with Crippen LogP contribution < -0.4 is 0 Å². The largest absolute Gasteiger partial charge is 0.311 e. The van der Waals surface area contributed by atoms with Gasteiger partial charge in [-0.05, 0) is 0 Å². The molecule has 1 saturated heterocycles. The molecule has 1 fully saturated rings. The van der Waals surface area contributed by atoms with Crippen LogP contribution in [0.2, 0.25) is 0 Å². The molecule has 0 aromatic rings. The molecule has 0 aliphatic carbocycles. The second kappa shape index (κ2) is 5.83. The van der Waals surface area contributed by atoms with Crippen LogP contribution in [-0.4, -0.2) is 60.2 Å². The van der Waals surface area contributed by atoms with Crippen LogP contribution in [0.25, 0.3) is 0 Å². The van der Waals surface area contributed by atoms with Crippen LogP contribution in [0.5, 0.6) is 0 Å². The first-order chi connectivity index (χ1) is 8.12. The molecule has 1 rings (SSSR count). The molecule has 1 aliphatic rings. The fourth-order valence-corrected chi connectivity index (χ4v) is 3.32. The van der Waals surface area contributed by atoms with Gasteiger partial charge in [-0.2, -0.15) is 21.5 Å². The summed E-state index contributed by atoms with van der Waals surface area (Å²) >= 11 is 0. The van der Waals surface area contributed by atoms with Crippen molar-refractivity contribution in [3.8, 4) is 0 Å². The van der Waals surface area contributed by atoms with E-state index >= 15 is 0 Å². The predicted octanol–water partition coefficient (Wildman–Crippen LogP) is -0.145. The number of nitrogens with zero attached hydrogens (tertiary/aromatic N) is 1. The van der Waals surface area contributed by atoms with Crippen LogP contribution in [0.15, 0.2) is 0 Å². The van der Waals surface area contributed by atoms with Gasteiger partial charge in [0, 0.05) is 19.3 Å². The van der Waals surface area contributed by atoms with Gasteiger partial charge in [-0.15, -0.1) is 0 Å². The summed E-state index contributed by atoms with van der Waals surface area (Å²) in [7, 11) is -6.96. The number of hydrogen-bond donors (Lipinski definition) is 0. The molecule has 18 heavy (non-hydrogen) atoms. The number of quaternary nitrogens is 1. The molecule has 0 spiro atoms. The highest BCUT2D eigenvalue weighted by Gasteiger charge is 2.37. The van der Waals surface area contributed by atoms with Crippen molar-refractivity contribution < 1.29 is 29.9 Å². The predicted molar refractivity (Wildman–Crippen MR) is 65.4 cm³/mol. The highest BCUT2D eigenvalue weighted by molar-refractivity contribution is 7.86. The van der Waals surface area contributed by atoms with E-state index in [0.29, 0.717) is 26.1 Å². The van der Waals surface area contributed by atoms with Crippen LogP contribution in [-0.2, 0) is 28.7 Å². The first-order valence-electron chi connectivity index (χ1n) is 5.74. The molecule has 108 valence electrons. The number of rotatable bonds is 7. The van der Waals surface area contributed by atoms with Crippen LogP contribution in [0, 0.1) is 0 Å². The first-order valence-corrected chi connectivity index (χ1v) is 9.37. The van der Waals surface area contributed by atoms with Crippen molar-refractivity contribution in [1.82, 2.24) is 0 Å². The Bertz CT molecular complexity index is 463. The lowest BCUT2D eigenvalue weighted by atomic mass is 10.4. The monoisotopic (exact) mass is 302 g/mol. The van der Waals surface area contributed by atoms with Gasteiger partial charge in [-0.25, -0.2) is 0 Å². The van der Waals surface area contributed by atoms with Gasteiger partial charge in [0.25, 0.3) is 10.1 Å². The molecule has 0 radical (unpaired) electrons. The Labute approximate surface area is 108 Å². The van der Waals surface area contributed by atoms with Gasteiger partial charge in [-0.3, -0.25) is 4.18 Å². The molecule has 0 bridgehead atoms. The van der Waals surface area contributed by atoms with Gasteiger partial charge >= 0.3 is 10.1 Å². The topological polar surface area (TPSA) is 86.7 Å². The van der Waals surface area contributed by atoms with E-state index in [-0.39, 0.29) is 11.3 Å². The Morgan fingerprint density at radius 1 is 1.00 bits per heavy atom. The molecule has 1 heterocycles. The van der Waals surface area contributed by atoms with Crippen LogP contribution >= 0.6 is 0 Å². The summed E-state index contributed by atoms with van der Waals surface area (Å²) in [6.45, 7) is 1.74. The van der Waals surface area contributed by atoms with Crippen molar-refractivity contribution in [3.05, 3.63) is 0 Å². The summed E-state index contributed by atoms with van der Waals surface area (Å²) in [5.41, 5.74) is 0. The SMILES string of the molecule is CS(=O)(=O)OCCC[N+]1(OS(C)(=O)=O)CCCC1. The number of likely N-dealkylation sites (tertiary alicyclic amines) is 1. The van der Waals surface area contributed by atoms with E-state index < -0.39 is 20.2 Å². The van der Waals surface area contributed by atoms with Crippen LogP contribution in [0.1, 0.15) is 19.3 Å². The summed E-state index contributed by atoms with van der Waals surface area (Å²) < 4.78 is 53.8. The fraction of sp³-hybridized carbons (Fsp3) is 1.00. The van der Waals surface area contributed by atoms with E-state index in [0.717, 1.165) is 25.4 Å². The Kier molecular flexibility index (Phi) is 5.13. The molecule has 0 amide bonds. The van der Waals surface area contributed by atoms with Gasteiger partial charge in [0.05, 0.1) is 19.1 Å². The Morgan fingerprint density at radius 2 is 1.56 bits per heavy atom. The van der Waals surface area contributed by atoms with Crippen molar-refractivity contribution in [2.45, 2.75) is 19.3 Å². The zero-order chi connectivity index (χ0) is 13.9. The van der Waals surface area contributed by atoms with Crippen molar-refractivity contribution in [3.63, 3.8) is 0 Å². The summed E-state index contributed by atoms with van der Waals surface area (Å²) in [5, 5.41) is 0. The van der Waals surface area contributed by atoms with Gasteiger partial charge in [-0.1, -0.05) is 4.28 Å². The molecular weight excluding hydrogens is 282 g/mol. The lowest BCUT2D eigenvalue weighted by molar-refractivity contribution is -1.07. The number of hydrogen-bond acceptors (Lipinski definition) is 6. The Balaban J connectivity index is 2.49. The Morgan fingerprint density at radius 3 is 2.00 bits per heavy atom. The summed E-state index contributed by atoms with van der Waals surface area (Å²) in [4.78, 5) is 0. The minimum absolute atomic E-state index is 0.0476. The quantitative estimate of drug-likeness (QED) is 0.369. The lowest BCUT2D eigenvalue weighted by Gasteiger charge is -2.28. The zero-order valence-corrected chi connectivity index (χ0v) is 12.3. The van der Waals surface area contributed by atoms with Gasteiger partial charge in [0.1, 0.15) is 19.6 Å². The van der Waals surface area contributed by atoms with E-state index in [1.807, 2.05) is 0 Å².